The fraction of sp³-hybridized carbons (Fsp3) is 0.0909. The molecule has 0 radical (unpaired) electrons. The van der Waals surface area contributed by atoms with Crippen molar-refractivity contribution in [2.45, 2.75) is 12.7 Å². The lowest BCUT2D eigenvalue weighted by Gasteiger charge is -2.37. The number of aromatic nitrogens is 2. The number of benzene rings is 2. The summed E-state index contributed by atoms with van der Waals surface area (Å²) in [6, 6.07) is 21.2. The highest BCUT2D eigenvalue weighted by Gasteiger charge is 2.33. The summed E-state index contributed by atoms with van der Waals surface area (Å²) in [7, 11) is 0. The van der Waals surface area contributed by atoms with E-state index < -0.39 is 0 Å². The Kier molecular flexibility index (Phi) is 3.94. The van der Waals surface area contributed by atoms with Gasteiger partial charge in [0.15, 0.2) is 0 Å². The summed E-state index contributed by atoms with van der Waals surface area (Å²) in [5.74, 6) is 0.722. The van der Waals surface area contributed by atoms with Gasteiger partial charge in [-0.25, -0.2) is 4.68 Å². The number of hydrogen-bond donors (Lipinski definition) is 1. The zero-order valence-electron chi connectivity index (χ0n) is 15.0. The second kappa shape index (κ2) is 6.74. The normalized spacial score (nSPS) is 15.9. The average molecular weight is 370 g/mol. The van der Waals surface area contributed by atoms with Crippen molar-refractivity contribution < 1.29 is 9.21 Å². The molecule has 0 fully saturated rings. The molecular weight excluding hydrogens is 352 g/mol. The third-order valence-electron chi connectivity index (χ3n) is 4.91. The van der Waals surface area contributed by atoms with Crippen molar-refractivity contribution in [3.8, 4) is 5.69 Å². The van der Waals surface area contributed by atoms with Gasteiger partial charge in [0.2, 0.25) is 0 Å². The standard InChI is InChI=1S/C22H18N4O2/c27-22-19-6-1-2-7-20(19)24-21(25(22)15-18-5-3-14-28-18)16-8-10-17(11-9-16)26-13-4-12-23-26/h1-14,21,24H,15H2. The molecule has 0 bridgehead atoms. The number of nitrogens with zero attached hydrogens (tertiary/aromatic N) is 3. The molecule has 2 aromatic carbocycles. The van der Waals surface area contributed by atoms with Crippen LogP contribution in [0.25, 0.3) is 5.69 Å². The molecule has 6 nitrogen and oxygen atoms in total. The molecular formula is C22H18N4O2. The molecule has 138 valence electrons. The van der Waals surface area contributed by atoms with Gasteiger partial charge in [0, 0.05) is 18.1 Å². The van der Waals surface area contributed by atoms with Crippen molar-refractivity contribution in [2.75, 3.05) is 5.32 Å². The van der Waals surface area contributed by atoms with E-state index in [-0.39, 0.29) is 12.1 Å². The molecule has 0 saturated heterocycles. The summed E-state index contributed by atoms with van der Waals surface area (Å²) in [6.45, 7) is 0.388. The predicted octanol–water partition coefficient (Wildman–Crippen LogP) is 4.23. The van der Waals surface area contributed by atoms with Gasteiger partial charge in [0.1, 0.15) is 11.9 Å². The van der Waals surface area contributed by atoms with Crippen LogP contribution in [0.1, 0.15) is 27.8 Å². The summed E-state index contributed by atoms with van der Waals surface area (Å²) in [5, 5.41) is 7.76. The summed E-state index contributed by atoms with van der Waals surface area (Å²) in [6.07, 6.45) is 4.98. The number of furan rings is 1. The number of amides is 1. The maximum Gasteiger partial charge on any atom is 0.258 e. The van der Waals surface area contributed by atoms with E-state index in [2.05, 4.69) is 10.4 Å². The highest BCUT2D eigenvalue weighted by atomic mass is 16.3. The minimum Gasteiger partial charge on any atom is -0.467 e. The molecule has 0 saturated carbocycles. The fourth-order valence-electron chi connectivity index (χ4n) is 3.52. The van der Waals surface area contributed by atoms with Gasteiger partial charge in [-0.05, 0) is 48.0 Å². The average Bonchev–Trinajstić information content (AvgIpc) is 3.44. The maximum absolute atomic E-state index is 13.2. The van der Waals surface area contributed by atoms with Gasteiger partial charge in [-0.3, -0.25) is 4.79 Å². The Hall–Kier alpha value is -3.80. The lowest BCUT2D eigenvalue weighted by Crippen LogP contribution is -2.42. The molecule has 0 spiro atoms. The van der Waals surface area contributed by atoms with Gasteiger partial charge >= 0.3 is 0 Å². The molecule has 1 aliphatic heterocycles. The third-order valence-corrected chi connectivity index (χ3v) is 4.91. The Morgan fingerprint density at radius 1 is 1.00 bits per heavy atom. The van der Waals surface area contributed by atoms with Crippen LogP contribution >= 0.6 is 0 Å². The molecule has 1 aliphatic rings. The lowest BCUT2D eigenvalue weighted by atomic mass is 10.0. The highest BCUT2D eigenvalue weighted by molar-refractivity contribution is 6.01. The first-order valence-electron chi connectivity index (χ1n) is 9.08. The number of rotatable bonds is 4. The van der Waals surface area contributed by atoms with Crippen LogP contribution < -0.4 is 5.32 Å². The highest BCUT2D eigenvalue weighted by Crippen LogP contribution is 2.34. The Bertz CT molecular complexity index is 1090. The molecule has 0 aliphatic carbocycles. The second-order valence-electron chi connectivity index (χ2n) is 6.65. The molecule has 6 heteroatoms. The lowest BCUT2D eigenvalue weighted by molar-refractivity contribution is 0.0651. The number of anilines is 1. The van der Waals surface area contributed by atoms with E-state index in [9.17, 15) is 4.79 Å². The van der Waals surface area contributed by atoms with Gasteiger partial charge in [0.25, 0.3) is 5.91 Å². The topological polar surface area (TPSA) is 63.3 Å². The van der Waals surface area contributed by atoms with E-state index in [0.29, 0.717) is 12.1 Å². The molecule has 5 rings (SSSR count). The molecule has 28 heavy (non-hydrogen) atoms. The molecule has 1 amide bonds. The molecule has 1 unspecified atom stereocenters. The van der Waals surface area contributed by atoms with E-state index in [1.807, 2.05) is 72.9 Å². The number of para-hydroxylation sites is 1. The van der Waals surface area contributed by atoms with Crippen LogP contribution in [0, 0.1) is 0 Å². The summed E-state index contributed by atoms with van der Waals surface area (Å²) < 4.78 is 7.30. The predicted molar refractivity (Wildman–Crippen MR) is 105 cm³/mol. The smallest absolute Gasteiger partial charge is 0.258 e. The summed E-state index contributed by atoms with van der Waals surface area (Å²) in [5.41, 5.74) is 3.46. The number of carbonyl (C=O) groups is 1. The Morgan fingerprint density at radius 3 is 2.61 bits per heavy atom. The van der Waals surface area contributed by atoms with Crippen molar-refractivity contribution in [3.63, 3.8) is 0 Å². The van der Waals surface area contributed by atoms with Crippen molar-refractivity contribution >= 4 is 11.6 Å². The molecule has 4 aromatic rings. The molecule has 1 N–H and O–H groups in total. The minimum atomic E-state index is -0.292. The zero-order chi connectivity index (χ0) is 18.9. The van der Waals surface area contributed by atoms with E-state index in [4.69, 9.17) is 4.42 Å². The van der Waals surface area contributed by atoms with Gasteiger partial charge in [0.05, 0.1) is 24.1 Å². The van der Waals surface area contributed by atoms with E-state index in [1.165, 1.54) is 0 Å². The maximum atomic E-state index is 13.2. The summed E-state index contributed by atoms with van der Waals surface area (Å²) >= 11 is 0. The van der Waals surface area contributed by atoms with Crippen molar-refractivity contribution in [3.05, 3.63) is 102 Å². The number of carbonyl (C=O) groups excluding carboxylic acids is 1. The molecule has 1 atom stereocenters. The first-order chi connectivity index (χ1) is 13.8. The number of nitrogens with one attached hydrogen (secondary N) is 1. The van der Waals surface area contributed by atoms with Crippen LogP contribution in [0.3, 0.4) is 0 Å². The van der Waals surface area contributed by atoms with Crippen LogP contribution in [0.15, 0.2) is 89.8 Å². The second-order valence-corrected chi connectivity index (χ2v) is 6.65. The largest absolute Gasteiger partial charge is 0.467 e. The van der Waals surface area contributed by atoms with Gasteiger partial charge < -0.3 is 14.6 Å². The Labute approximate surface area is 162 Å². The van der Waals surface area contributed by atoms with Gasteiger partial charge in [-0.15, -0.1) is 0 Å². The first kappa shape index (κ1) is 16.4. The third kappa shape index (κ3) is 2.85. The zero-order valence-corrected chi connectivity index (χ0v) is 15.0. The van der Waals surface area contributed by atoms with Crippen molar-refractivity contribution in [2.24, 2.45) is 0 Å². The minimum absolute atomic E-state index is 0.0214. The monoisotopic (exact) mass is 370 g/mol. The number of fused-ring (bicyclic) bond motifs is 1. The van der Waals surface area contributed by atoms with Crippen molar-refractivity contribution in [1.82, 2.24) is 14.7 Å². The SMILES string of the molecule is O=C1c2ccccc2NC(c2ccc(-n3cccn3)cc2)N1Cc1ccco1. The Morgan fingerprint density at radius 2 is 1.86 bits per heavy atom. The number of hydrogen-bond acceptors (Lipinski definition) is 4. The van der Waals surface area contributed by atoms with E-state index in [0.717, 1.165) is 22.7 Å². The Balaban J connectivity index is 1.52. The van der Waals surface area contributed by atoms with Crippen molar-refractivity contribution in [1.29, 1.82) is 0 Å². The first-order valence-corrected chi connectivity index (χ1v) is 9.08. The van der Waals surface area contributed by atoms with Crippen LogP contribution in [0.5, 0.6) is 0 Å². The molecule has 3 heterocycles. The van der Waals surface area contributed by atoms with Crippen LogP contribution in [-0.4, -0.2) is 20.6 Å². The van der Waals surface area contributed by atoms with Crippen LogP contribution in [0.2, 0.25) is 0 Å². The van der Waals surface area contributed by atoms with E-state index >= 15 is 0 Å². The summed E-state index contributed by atoms with van der Waals surface area (Å²) in [4.78, 5) is 15.0. The van der Waals surface area contributed by atoms with Crippen LogP contribution in [0.4, 0.5) is 5.69 Å². The quantitative estimate of drug-likeness (QED) is 0.584. The van der Waals surface area contributed by atoms with Gasteiger partial charge in [-0.2, -0.15) is 5.10 Å². The molecule has 2 aromatic heterocycles. The van der Waals surface area contributed by atoms with Crippen LogP contribution in [-0.2, 0) is 6.54 Å². The fourth-order valence-corrected chi connectivity index (χ4v) is 3.52. The van der Waals surface area contributed by atoms with Gasteiger partial charge in [-0.1, -0.05) is 24.3 Å². The van der Waals surface area contributed by atoms with E-state index in [1.54, 1.807) is 22.0 Å².